The molecule has 0 aliphatic heterocycles. The van der Waals surface area contributed by atoms with Crippen LogP contribution in [0.25, 0.3) is 0 Å². The van der Waals surface area contributed by atoms with Gasteiger partial charge in [-0.15, -0.1) is 0 Å². The highest BCUT2D eigenvalue weighted by atomic mass is 16.5. The van der Waals surface area contributed by atoms with Crippen LogP contribution in [0.2, 0.25) is 0 Å². The number of hydrogen-bond acceptors (Lipinski definition) is 5. The van der Waals surface area contributed by atoms with Crippen molar-refractivity contribution in [3.63, 3.8) is 0 Å². The lowest BCUT2D eigenvalue weighted by molar-refractivity contribution is 0.0727. The van der Waals surface area contributed by atoms with Crippen molar-refractivity contribution < 1.29 is 14.6 Å². The Bertz CT molecular complexity index is 357. The molecule has 1 heterocycles. The van der Waals surface area contributed by atoms with Crippen molar-refractivity contribution in [2.24, 2.45) is 5.73 Å². The molecule has 0 fully saturated rings. The normalized spacial score (nSPS) is 12.1. The van der Waals surface area contributed by atoms with Crippen LogP contribution in [0.3, 0.4) is 0 Å². The minimum Gasteiger partial charge on any atom is -0.389 e. The standard InChI is InChI=1S/C10H15N3O3/c1-16-6-7(14)5-13-10-8(9(11)15)3-2-4-12-10/h2-4,7,14H,5-6H2,1H3,(H2,11,15)(H,12,13). The number of aliphatic hydroxyl groups excluding tert-OH is 1. The average molecular weight is 225 g/mol. The first-order chi connectivity index (χ1) is 7.65. The van der Waals surface area contributed by atoms with Crippen molar-refractivity contribution in [3.8, 4) is 0 Å². The predicted molar refractivity (Wildman–Crippen MR) is 59.1 cm³/mol. The summed E-state index contributed by atoms with van der Waals surface area (Å²) in [6, 6.07) is 3.19. The van der Waals surface area contributed by atoms with Gasteiger partial charge in [0.25, 0.3) is 5.91 Å². The Hall–Kier alpha value is -1.66. The van der Waals surface area contributed by atoms with Crippen molar-refractivity contribution in [3.05, 3.63) is 23.9 Å². The van der Waals surface area contributed by atoms with Gasteiger partial charge in [-0.05, 0) is 12.1 Å². The largest absolute Gasteiger partial charge is 0.389 e. The van der Waals surface area contributed by atoms with Gasteiger partial charge in [0, 0.05) is 19.9 Å². The second-order valence-corrected chi connectivity index (χ2v) is 3.25. The topological polar surface area (TPSA) is 97.5 Å². The first-order valence-electron chi connectivity index (χ1n) is 4.81. The number of carbonyl (C=O) groups excluding carboxylic acids is 1. The third-order valence-electron chi connectivity index (χ3n) is 1.94. The molecule has 6 nitrogen and oxygen atoms in total. The molecule has 1 unspecified atom stereocenters. The molecule has 4 N–H and O–H groups in total. The fourth-order valence-corrected chi connectivity index (χ4v) is 1.21. The van der Waals surface area contributed by atoms with Gasteiger partial charge < -0.3 is 20.9 Å². The summed E-state index contributed by atoms with van der Waals surface area (Å²) in [6.45, 7) is 0.455. The molecule has 88 valence electrons. The van der Waals surface area contributed by atoms with Gasteiger partial charge in [-0.1, -0.05) is 0 Å². The van der Waals surface area contributed by atoms with Gasteiger partial charge in [-0.25, -0.2) is 4.98 Å². The number of aliphatic hydroxyl groups is 1. The smallest absolute Gasteiger partial charge is 0.252 e. The summed E-state index contributed by atoms with van der Waals surface area (Å²) in [7, 11) is 1.50. The SMILES string of the molecule is COCC(O)CNc1ncccc1C(N)=O. The highest BCUT2D eigenvalue weighted by Gasteiger charge is 2.10. The molecule has 0 aromatic carbocycles. The number of pyridine rings is 1. The van der Waals surface area contributed by atoms with E-state index in [0.717, 1.165) is 0 Å². The van der Waals surface area contributed by atoms with Gasteiger partial charge in [0.15, 0.2) is 0 Å². The summed E-state index contributed by atoms with van der Waals surface area (Å²) in [6.07, 6.45) is 0.880. The summed E-state index contributed by atoms with van der Waals surface area (Å²) >= 11 is 0. The van der Waals surface area contributed by atoms with Gasteiger partial charge in [0.1, 0.15) is 5.82 Å². The van der Waals surface area contributed by atoms with Crippen molar-refractivity contribution in [2.75, 3.05) is 25.6 Å². The van der Waals surface area contributed by atoms with E-state index in [2.05, 4.69) is 10.3 Å². The lowest BCUT2D eigenvalue weighted by Crippen LogP contribution is -2.26. The molecule has 1 aromatic rings. The average Bonchev–Trinajstić information content (AvgIpc) is 2.27. The number of methoxy groups -OCH3 is 1. The number of amides is 1. The Morgan fingerprint density at radius 1 is 1.75 bits per heavy atom. The van der Waals surface area contributed by atoms with Crippen LogP contribution in [0.4, 0.5) is 5.82 Å². The lowest BCUT2D eigenvalue weighted by Gasteiger charge is -2.12. The third kappa shape index (κ3) is 3.48. The number of ether oxygens (including phenoxy) is 1. The van der Waals surface area contributed by atoms with E-state index in [0.29, 0.717) is 11.4 Å². The van der Waals surface area contributed by atoms with Crippen LogP contribution in [-0.2, 0) is 4.74 Å². The second-order valence-electron chi connectivity index (χ2n) is 3.25. The number of nitrogens with zero attached hydrogens (tertiary/aromatic N) is 1. The highest BCUT2D eigenvalue weighted by Crippen LogP contribution is 2.10. The molecule has 0 aliphatic rings. The zero-order valence-electron chi connectivity index (χ0n) is 9.01. The fraction of sp³-hybridized carbons (Fsp3) is 0.400. The summed E-state index contributed by atoms with van der Waals surface area (Å²) in [5, 5.41) is 12.2. The number of nitrogens with one attached hydrogen (secondary N) is 1. The van der Waals surface area contributed by atoms with E-state index in [1.165, 1.54) is 13.3 Å². The highest BCUT2D eigenvalue weighted by molar-refractivity contribution is 5.97. The second kappa shape index (κ2) is 6.04. The van der Waals surface area contributed by atoms with Gasteiger partial charge in [0.05, 0.1) is 18.3 Å². The molecule has 1 atom stereocenters. The van der Waals surface area contributed by atoms with E-state index >= 15 is 0 Å². The van der Waals surface area contributed by atoms with Crippen molar-refractivity contribution in [2.45, 2.75) is 6.10 Å². The van der Waals surface area contributed by atoms with Crippen LogP contribution in [0, 0.1) is 0 Å². The van der Waals surface area contributed by atoms with Gasteiger partial charge in [-0.3, -0.25) is 4.79 Å². The summed E-state index contributed by atoms with van der Waals surface area (Å²) in [5.74, 6) is -0.193. The zero-order valence-corrected chi connectivity index (χ0v) is 9.01. The van der Waals surface area contributed by atoms with Crippen LogP contribution >= 0.6 is 0 Å². The minimum atomic E-state index is -0.660. The molecule has 0 saturated heterocycles. The number of nitrogens with two attached hydrogens (primary N) is 1. The minimum absolute atomic E-state index is 0.214. The zero-order chi connectivity index (χ0) is 12.0. The lowest BCUT2D eigenvalue weighted by atomic mass is 10.2. The van der Waals surface area contributed by atoms with E-state index in [4.69, 9.17) is 10.5 Å². The van der Waals surface area contributed by atoms with Gasteiger partial charge >= 0.3 is 0 Å². The van der Waals surface area contributed by atoms with Crippen molar-refractivity contribution in [1.29, 1.82) is 0 Å². The molecule has 16 heavy (non-hydrogen) atoms. The molecule has 0 aliphatic carbocycles. The molecule has 1 rings (SSSR count). The van der Waals surface area contributed by atoms with Crippen molar-refractivity contribution >= 4 is 11.7 Å². The van der Waals surface area contributed by atoms with Crippen LogP contribution in [0.5, 0.6) is 0 Å². The van der Waals surface area contributed by atoms with Crippen LogP contribution in [0.15, 0.2) is 18.3 Å². The monoisotopic (exact) mass is 225 g/mol. The summed E-state index contributed by atoms with van der Waals surface area (Å²) in [5.41, 5.74) is 5.47. The van der Waals surface area contributed by atoms with E-state index in [1.54, 1.807) is 12.1 Å². The predicted octanol–water partition coefficient (Wildman–Crippen LogP) is -0.400. The number of aromatic nitrogens is 1. The molecule has 1 aromatic heterocycles. The number of hydrogen-bond donors (Lipinski definition) is 3. The maximum Gasteiger partial charge on any atom is 0.252 e. The summed E-state index contributed by atoms with van der Waals surface area (Å²) < 4.78 is 4.77. The molecule has 6 heteroatoms. The van der Waals surface area contributed by atoms with Crippen LogP contribution in [-0.4, -0.2) is 42.4 Å². The Balaban J connectivity index is 2.63. The van der Waals surface area contributed by atoms with Crippen LogP contribution < -0.4 is 11.1 Å². The van der Waals surface area contributed by atoms with E-state index in [1.807, 2.05) is 0 Å². The Kier molecular flexibility index (Phi) is 4.68. The molecule has 0 bridgehead atoms. The van der Waals surface area contributed by atoms with E-state index < -0.39 is 12.0 Å². The molecule has 1 amide bonds. The number of anilines is 1. The van der Waals surface area contributed by atoms with E-state index in [-0.39, 0.29) is 13.2 Å². The molecular weight excluding hydrogens is 210 g/mol. The molecule has 0 spiro atoms. The number of carbonyl (C=O) groups is 1. The van der Waals surface area contributed by atoms with Gasteiger partial charge in [-0.2, -0.15) is 0 Å². The number of primary amides is 1. The Morgan fingerprint density at radius 2 is 2.50 bits per heavy atom. The Labute approximate surface area is 93.4 Å². The van der Waals surface area contributed by atoms with E-state index in [9.17, 15) is 9.90 Å². The molecule has 0 saturated carbocycles. The quantitative estimate of drug-likeness (QED) is 0.612. The summed E-state index contributed by atoms with van der Waals surface area (Å²) in [4.78, 5) is 15.0. The van der Waals surface area contributed by atoms with Crippen LogP contribution in [0.1, 0.15) is 10.4 Å². The maximum atomic E-state index is 11.0. The van der Waals surface area contributed by atoms with Gasteiger partial charge in [0.2, 0.25) is 0 Å². The Morgan fingerprint density at radius 3 is 3.12 bits per heavy atom. The molecule has 0 radical (unpaired) electrons. The maximum absolute atomic E-state index is 11.0. The molecular formula is C10H15N3O3. The fourth-order valence-electron chi connectivity index (χ4n) is 1.21. The third-order valence-corrected chi connectivity index (χ3v) is 1.94. The first-order valence-corrected chi connectivity index (χ1v) is 4.81. The van der Waals surface area contributed by atoms with Crippen molar-refractivity contribution in [1.82, 2.24) is 4.98 Å². The first kappa shape index (κ1) is 12.4. The number of rotatable bonds is 6.